The predicted octanol–water partition coefficient (Wildman–Crippen LogP) is 2.60. The number of carbonyl (C=O) groups excluding carboxylic acids is 1. The topological polar surface area (TPSA) is 74.9 Å². The molecule has 166 valence electrons. The van der Waals surface area contributed by atoms with Crippen LogP contribution in [0.1, 0.15) is 41.2 Å². The van der Waals surface area contributed by atoms with Gasteiger partial charge in [0.2, 0.25) is 0 Å². The van der Waals surface area contributed by atoms with Crippen LogP contribution in [-0.2, 0) is 0 Å². The molecule has 0 spiro atoms. The maximum absolute atomic E-state index is 13.2. The second kappa shape index (κ2) is 9.64. The van der Waals surface area contributed by atoms with Crippen LogP contribution in [0.4, 0.5) is 4.39 Å². The lowest BCUT2D eigenvalue weighted by atomic mass is 10.0. The normalized spacial score (nSPS) is 22.3. The summed E-state index contributed by atoms with van der Waals surface area (Å²) in [5.74, 6) is 0.847. The average Bonchev–Trinajstić information content (AvgIpc) is 3.30. The van der Waals surface area contributed by atoms with E-state index in [0.29, 0.717) is 17.1 Å². The van der Waals surface area contributed by atoms with E-state index < -0.39 is 0 Å². The minimum absolute atomic E-state index is 0.118. The van der Waals surface area contributed by atoms with Crippen molar-refractivity contribution in [1.29, 1.82) is 0 Å². The molecule has 4 rings (SSSR count). The van der Waals surface area contributed by atoms with E-state index in [1.54, 1.807) is 32.4 Å². The van der Waals surface area contributed by atoms with Crippen LogP contribution in [0, 0.1) is 5.82 Å². The Hall–Kier alpha value is -2.68. The number of nitrogens with one attached hydrogen (secondary N) is 3. The maximum Gasteiger partial charge on any atom is 0.251 e. The summed E-state index contributed by atoms with van der Waals surface area (Å²) in [6, 6.07) is 12.1. The molecule has 31 heavy (non-hydrogen) atoms. The second-order valence-electron chi connectivity index (χ2n) is 8.03. The van der Waals surface area contributed by atoms with Gasteiger partial charge in [-0.3, -0.25) is 9.69 Å². The summed E-state index contributed by atoms with van der Waals surface area (Å²) >= 11 is 0. The van der Waals surface area contributed by atoms with Gasteiger partial charge in [0.15, 0.2) is 0 Å². The first-order valence-corrected chi connectivity index (χ1v) is 10.6. The van der Waals surface area contributed by atoms with Crippen LogP contribution >= 0.6 is 0 Å². The molecule has 2 unspecified atom stereocenters. The Labute approximate surface area is 181 Å². The Bertz CT molecular complexity index is 878. The van der Waals surface area contributed by atoms with Gasteiger partial charge < -0.3 is 14.8 Å². The van der Waals surface area contributed by atoms with Crippen LogP contribution in [0.25, 0.3) is 0 Å². The van der Waals surface area contributed by atoms with Crippen molar-refractivity contribution in [3.05, 3.63) is 59.4 Å². The third-order valence-electron chi connectivity index (χ3n) is 6.07. The summed E-state index contributed by atoms with van der Waals surface area (Å²) < 4.78 is 23.7. The summed E-state index contributed by atoms with van der Waals surface area (Å²) in [4.78, 5) is 15.1. The first kappa shape index (κ1) is 21.5. The third-order valence-corrected chi connectivity index (χ3v) is 6.07. The van der Waals surface area contributed by atoms with Crippen LogP contribution < -0.4 is 25.6 Å². The van der Waals surface area contributed by atoms with Crippen molar-refractivity contribution >= 4 is 5.91 Å². The van der Waals surface area contributed by atoms with E-state index in [9.17, 15) is 9.18 Å². The van der Waals surface area contributed by atoms with Crippen molar-refractivity contribution in [2.75, 3.05) is 27.3 Å². The van der Waals surface area contributed by atoms with E-state index in [4.69, 9.17) is 9.47 Å². The van der Waals surface area contributed by atoms with Crippen molar-refractivity contribution in [3.8, 4) is 11.5 Å². The molecule has 2 aliphatic rings. The highest BCUT2D eigenvalue weighted by molar-refractivity contribution is 5.95. The number of piperidine rings is 1. The fraction of sp³-hybridized carbons (Fsp3) is 0.435. The largest absolute Gasteiger partial charge is 0.497 e. The van der Waals surface area contributed by atoms with Gasteiger partial charge in [0, 0.05) is 36.8 Å². The zero-order chi connectivity index (χ0) is 21.8. The Morgan fingerprint density at radius 1 is 1.03 bits per heavy atom. The number of benzene rings is 2. The SMILES string of the molecule is COc1cc(OC)cc(C(=O)NC2CCN(C3CC(c4ccc(F)cc4)NN3)CC2)c1. The number of hydrogen-bond acceptors (Lipinski definition) is 6. The first-order chi connectivity index (χ1) is 15.1. The molecule has 3 N–H and O–H groups in total. The van der Waals surface area contributed by atoms with E-state index in [1.807, 2.05) is 12.1 Å². The zero-order valence-corrected chi connectivity index (χ0v) is 17.9. The van der Waals surface area contributed by atoms with E-state index in [-0.39, 0.29) is 30.0 Å². The Kier molecular flexibility index (Phi) is 6.70. The number of likely N-dealkylation sites (tertiary alicyclic amines) is 1. The molecule has 1 amide bonds. The maximum atomic E-state index is 13.2. The molecule has 2 atom stereocenters. The Balaban J connectivity index is 1.28. The molecule has 2 fully saturated rings. The van der Waals surface area contributed by atoms with Crippen molar-refractivity contribution in [1.82, 2.24) is 21.1 Å². The molecule has 7 nitrogen and oxygen atoms in total. The van der Waals surface area contributed by atoms with Crippen molar-refractivity contribution in [2.45, 2.75) is 37.5 Å². The minimum Gasteiger partial charge on any atom is -0.497 e. The highest BCUT2D eigenvalue weighted by atomic mass is 19.1. The van der Waals surface area contributed by atoms with Gasteiger partial charge in [-0.1, -0.05) is 12.1 Å². The van der Waals surface area contributed by atoms with Gasteiger partial charge in [-0.2, -0.15) is 0 Å². The fourth-order valence-corrected chi connectivity index (χ4v) is 4.26. The van der Waals surface area contributed by atoms with Crippen LogP contribution in [0.5, 0.6) is 11.5 Å². The number of ether oxygens (including phenoxy) is 2. The molecule has 0 bridgehead atoms. The molecule has 2 aliphatic heterocycles. The predicted molar refractivity (Wildman–Crippen MR) is 115 cm³/mol. The summed E-state index contributed by atoms with van der Waals surface area (Å²) in [6.45, 7) is 1.78. The number of nitrogens with zero attached hydrogens (tertiary/aromatic N) is 1. The number of halogens is 1. The monoisotopic (exact) mass is 428 g/mol. The van der Waals surface area contributed by atoms with Crippen molar-refractivity contribution in [3.63, 3.8) is 0 Å². The van der Waals surface area contributed by atoms with Crippen LogP contribution in [-0.4, -0.2) is 50.3 Å². The molecule has 0 aromatic heterocycles. The summed E-state index contributed by atoms with van der Waals surface area (Å²) in [5, 5.41) is 3.14. The number of methoxy groups -OCH3 is 2. The Morgan fingerprint density at radius 3 is 2.29 bits per heavy atom. The van der Waals surface area contributed by atoms with Crippen LogP contribution in [0.15, 0.2) is 42.5 Å². The van der Waals surface area contributed by atoms with Crippen LogP contribution in [0.2, 0.25) is 0 Å². The number of hydrazine groups is 1. The molecule has 2 aromatic rings. The van der Waals surface area contributed by atoms with Gasteiger partial charge in [-0.25, -0.2) is 15.2 Å². The minimum atomic E-state index is -0.220. The van der Waals surface area contributed by atoms with Gasteiger partial charge in [-0.15, -0.1) is 0 Å². The molecule has 8 heteroatoms. The Morgan fingerprint density at radius 2 is 1.68 bits per heavy atom. The summed E-state index contributed by atoms with van der Waals surface area (Å²) in [7, 11) is 3.14. The smallest absolute Gasteiger partial charge is 0.251 e. The van der Waals surface area contributed by atoms with Gasteiger partial charge in [-0.05, 0) is 49.1 Å². The van der Waals surface area contributed by atoms with E-state index in [0.717, 1.165) is 37.9 Å². The average molecular weight is 429 g/mol. The van der Waals surface area contributed by atoms with Crippen LogP contribution in [0.3, 0.4) is 0 Å². The lowest BCUT2D eigenvalue weighted by Crippen LogP contribution is -2.51. The molecule has 0 aliphatic carbocycles. The van der Waals surface area contributed by atoms with E-state index >= 15 is 0 Å². The van der Waals surface area contributed by atoms with Gasteiger partial charge in [0.05, 0.1) is 20.4 Å². The highest BCUT2D eigenvalue weighted by Crippen LogP contribution is 2.26. The number of amides is 1. The van der Waals surface area contributed by atoms with Crippen molar-refractivity contribution in [2.24, 2.45) is 0 Å². The number of rotatable bonds is 6. The summed E-state index contributed by atoms with van der Waals surface area (Å²) in [5.41, 5.74) is 8.29. The number of carbonyl (C=O) groups is 1. The molecule has 2 aromatic carbocycles. The van der Waals surface area contributed by atoms with Gasteiger partial charge >= 0.3 is 0 Å². The lowest BCUT2D eigenvalue weighted by molar-refractivity contribution is 0.0879. The van der Waals surface area contributed by atoms with Gasteiger partial charge in [0.25, 0.3) is 5.91 Å². The third kappa shape index (κ3) is 5.15. The fourth-order valence-electron chi connectivity index (χ4n) is 4.26. The first-order valence-electron chi connectivity index (χ1n) is 10.6. The quantitative estimate of drug-likeness (QED) is 0.657. The van der Waals surface area contributed by atoms with Gasteiger partial charge in [0.1, 0.15) is 17.3 Å². The molecule has 2 saturated heterocycles. The van der Waals surface area contributed by atoms with Crippen molar-refractivity contribution < 1.29 is 18.7 Å². The molecule has 0 saturated carbocycles. The standard InChI is InChI=1S/C23H29FN4O3/c1-30-19-11-16(12-20(13-19)31-2)23(29)25-18-7-9-28(10-8-18)22-14-21(26-27-22)15-3-5-17(24)6-4-15/h3-6,11-13,18,21-22,26-27H,7-10,14H2,1-2H3,(H,25,29). The van der Waals surface area contributed by atoms with E-state index in [2.05, 4.69) is 21.1 Å². The summed E-state index contributed by atoms with van der Waals surface area (Å²) in [6.07, 6.45) is 2.89. The zero-order valence-electron chi connectivity index (χ0n) is 17.9. The lowest BCUT2D eigenvalue weighted by Gasteiger charge is -2.35. The molecule has 2 heterocycles. The van der Waals surface area contributed by atoms with E-state index in [1.165, 1.54) is 12.1 Å². The highest BCUT2D eigenvalue weighted by Gasteiger charge is 2.32. The molecule has 0 radical (unpaired) electrons. The number of hydrogen-bond donors (Lipinski definition) is 3. The molecular weight excluding hydrogens is 399 g/mol. The second-order valence-corrected chi connectivity index (χ2v) is 8.03. The molecular formula is C23H29FN4O3.